The molecule has 1 fully saturated rings. The molecule has 0 amide bonds. The monoisotopic (exact) mass is 274 g/mol. The van der Waals surface area contributed by atoms with Gasteiger partial charge in [0, 0.05) is 25.7 Å². The Labute approximate surface area is 116 Å². The molecule has 1 unspecified atom stereocenters. The van der Waals surface area contributed by atoms with E-state index in [1.807, 2.05) is 0 Å². The van der Waals surface area contributed by atoms with Gasteiger partial charge in [0.05, 0.1) is 6.20 Å². The SMILES string of the molecule is c1n[nH]nc1-c1nnc2n1CCCC2C1CCOCC1. The second kappa shape index (κ2) is 4.97. The third kappa shape index (κ3) is 1.93. The van der Waals surface area contributed by atoms with Gasteiger partial charge < -0.3 is 9.30 Å². The van der Waals surface area contributed by atoms with Crippen molar-refractivity contribution in [1.29, 1.82) is 0 Å². The summed E-state index contributed by atoms with van der Waals surface area (Å²) in [6.07, 6.45) is 6.36. The van der Waals surface area contributed by atoms with Gasteiger partial charge in [-0.25, -0.2) is 0 Å². The fourth-order valence-electron chi connectivity index (χ4n) is 3.47. The first-order chi connectivity index (χ1) is 9.93. The molecular formula is C13H18N6O. The molecule has 0 saturated carbocycles. The number of H-pyrrole nitrogens is 1. The molecule has 0 bridgehead atoms. The van der Waals surface area contributed by atoms with Crippen molar-refractivity contribution in [3.63, 3.8) is 0 Å². The Hall–Kier alpha value is -1.76. The molecular weight excluding hydrogens is 256 g/mol. The number of hydrogen-bond donors (Lipinski definition) is 1. The number of nitrogens with one attached hydrogen (secondary N) is 1. The molecule has 4 rings (SSSR count). The first-order valence-electron chi connectivity index (χ1n) is 7.30. The summed E-state index contributed by atoms with van der Waals surface area (Å²) in [7, 11) is 0. The fraction of sp³-hybridized carbons (Fsp3) is 0.692. The molecule has 0 aromatic carbocycles. The van der Waals surface area contributed by atoms with Gasteiger partial charge in [0.1, 0.15) is 11.5 Å². The number of fused-ring (bicyclic) bond motifs is 1. The van der Waals surface area contributed by atoms with Crippen molar-refractivity contribution in [2.75, 3.05) is 13.2 Å². The Morgan fingerprint density at radius 2 is 2.10 bits per heavy atom. The van der Waals surface area contributed by atoms with E-state index in [0.717, 1.165) is 49.9 Å². The van der Waals surface area contributed by atoms with Crippen LogP contribution in [-0.2, 0) is 11.3 Å². The normalized spacial score (nSPS) is 23.7. The Kier molecular flexibility index (Phi) is 2.99. The Bertz CT molecular complexity index is 572. The van der Waals surface area contributed by atoms with Gasteiger partial charge in [-0.05, 0) is 31.6 Å². The summed E-state index contributed by atoms with van der Waals surface area (Å²) in [6, 6.07) is 0. The molecule has 20 heavy (non-hydrogen) atoms. The number of ether oxygens (including phenoxy) is 1. The second-order valence-corrected chi connectivity index (χ2v) is 5.59. The number of aromatic amines is 1. The highest BCUT2D eigenvalue weighted by Crippen LogP contribution is 2.38. The van der Waals surface area contributed by atoms with E-state index < -0.39 is 0 Å². The van der Waals surface area contributed by atoms with Crippen LogP contribution in [0.25, 0.3) is 11.5 Å². The van der Waals surface area contributed by atoms with Gasteiger partial charge in [0.25, 0.3) is 0 Å². The summed E-state index contributed by atoms with van der Waals surface area (Å²) >= 11 is 0. The Balaban J connectivity index is 1.68. The van der Waals surface area contributed by atoms with Crippen molar-refractivity contribution in [2.24, 2.45) is 5.92 Å². The highest BCUT2D eigenvalue weighted by molar-refractivity contribution is 5.47. The second-order valence-electron chi connectivity index (χ2n) is 5.59. The van der Waals surface area contributed by atoms with Crippen molar-refractivity contribution < 1.29 is 4.74 Å². The predicted molar refractivity (Wildman–Crippen MR) is 70.9 cm³/mol. The molecule has 2 aromatic heterocycles. The summed E-state index contributed by atoms with van der Waals surface area (Å²) in [6.45, 7) is 2.74. The minimum absolute atomic E-state index is 0.515. The van der Waals surface area contributed by atoms with E-state index in [4.69, 9.17) is 4.74 Å². The number of aromatic nitrogens is 6. The van der Waals surface area contributed by atoms with Crippen molar-refractivity contribution in [3.05, 3.63) is 12.0 Å². The molecule has 1 N–H and O–H groups in total. The first-order valence-corrected chi connectivity index (χ1v) is 7.30. The highest BCUT2D eigenvalue weighted by atomic mass is 16.5. The molecule has 106 valence electrons. The van der Waals surface area contributed by atoms with Crippen LogP contribution in [0.1, 0.15) is 37.4 Å². The van der Waals surface area contributed by atoms with E-state index in [2.05, 4.69) is 30.2 Å². The summed E-state index contributed by atoms with van der Waals surface area (Å²) in [5, 5.41) is 19.4. The van der Waals surface area contributed by atoms with Gasteiger partial charge in [0.15, 0.2) is 5.82 Å². The van der Waals surface area contributed by atoms with Crippen LogP contribution in [0.4, 0.5) is 0 Å². The summed E-state index contributed by atoms with van der Waals surface area (Å²) in [5.74, 6) is 3.16. The third-order valence-electron chi connectivity index (χ3n) is 4.49. The fourth-order valence-corrected chi connectivity index (χ4v) is 3.47. The molecule has 2 aromatic rings. The standard InChI is InChI=1S/C13H18N6O/c1-2-10(9-3-6-20-7-4-9)12-16-17-13(19(12)5-1)11-8-14-18-15-11/h8-10H,1-7H2,(H,14,15,18). The van der Waals surface area contributed by atoms with Crippen molar-refractivity contribution in [3.8, 4) is 11.5 Å². The lowest BCUT2D eigenvalue weighted by Gasteiger charge is -2.32. The molecule has 0 radical (unpaired) electrons. The molecule has 1 atom stereocenters. The smallest absolute Gasteiger partial charge is 0.186 e. The van der Waals surface area contributed by atoms with Gasteiger partial charge in [0.2, 0.25) is 0 Å². The number of rotatable bonds is 2. The van der Waals surface area contributed by atoms with Crippen molar-refractivity contribution in [2.45, 2.75) is 38.1 Å². The lowest BCUT2D eigenvalue weighted by molar-refractivity contribution is 0.0534. The molecule has 7 heteroatoms. The van der Waals surface area contributed by atoms with Crippen LogP contribution in [0.3, 0.4) is 0 Å². The predicted octanol–water partition coefficient (Wildman–Crippen LogP) is 1.37. The maximum absolute atomic E-state index is 5.48. The van der Waals surface area contributed by atoms with Crippen LogP contribution in [0, 0.1) is 5.92 Å². The van der Waals surface area contributed by atoms with Gasteiger partial charge in [-0.3, -0.25) is 0 Å². The summed E-state index contributed by atoms with van der Waals surface area (Å²) < 4.78 is 7.70. The van der Waals surface area contributed by atoms with Gasteiger partial charge in [-0.15, -0.1) is 10.2 Å². The quantitative estimate of drug-likeness (QED) is 0.894. The average Bonchev–Trinajstić information content (AvgIpc) is 3.16. The molecule has 1 saturated heterocycles. The first kappa shape index (κ1) is 12.0. The minimum Gasteiger partial charge on any atom is -0.381 e. The van der Waals surface area contributed by atoms with Gasteiger partial charge in [-0.2, -0.15) is 15.4 Å². The van der Waals surface area contributed by atoms with Crippen LogP contribution in [-0.4, -0.2) is 43.4 Å². The minimum atomic E-state index is 0.515. The number of hydrogen-bond acceptors (Lipinski definition) is 5. The van der Waals surface area contributed by atoms with Crippen molar-refractivity contribution >= 4 is 0 Å². The maximum Gasteiger partial charge on any atom is 0.186 e. The van der Waals surface area contributed by atoms with Gasteiger partial charge >= 0.3 is 0 Å². The van der Waals surface area contributed by atoms with Crippen LogP contribution in [0.5, 0.6) is 0 Å². The molecule has 2 aliphatic heterocycles. The van der Waals surface area contributed by atoms with Crippen LogP contribution < -0.4 is 0 Å². The highest BCUT2D eigenvalue weighted by Gasteiger charge is 2.33. The van der Waals surface area contributed by atoms with E-state index >= 15 is 0 Å². The van der Waals surface area contributed by atoms with Crippen molar-refractivity contribution in [1.82, 2.24) is 30.2 Å². The lowest BCUT2D eigenvalue weighted by Crippen LogP contribution is -2.27. The summed E-state index contributed by atoms with van der Waals surface area (Å²) in [5.41, 5.74) is 0.774. The summed E-state index contributed by atoms with van der Waals surface area (Å²) in [4.78, 5) is 0. The third-order valence-corrected chi connectivity index (χ3v) is 4.49. The maximum atomic E-state index is 5.48. The zero-order chi connectivity index (χ0) is 13.4. The largest absolute Gasteiger partial charge is 0.381 e. The zero-order valence-electron chi connectivity index (χ0n) is 11.3. The zero-order valence-corrected chi connectivity index (χ0v) is 11.3. The average molecular weight is 274 g/mol. The molecule has 0 aliphatic carbocycles. The Morgan fingerprint density at radius 3 is 2.90 bits per heavy atom. The molecule has 2 aliphatic rings. The number of nitrogens with zero attached hydrogens (tertiary/aromatic N) is 5. The molecule has 0 spiro atoms. The van der Waals surface area contributed by atoms with E-state index in [9.17, 15) is 0 Å². The van der Waals surface area contributed by atoms with Gasteiger partial charge in [-0.1, -0.05) is 0 Å². The Morgan fingerprint density at radius 1 is 1.20 bits per heavy atom. The van der Waals surface area contributed by atoms with Crippen LogP contribution in [0.15, 0.2) is 6.20 Å². The van der Waals surface area contributed by atoms with Crippen LogP contribution in [0.2, 0.25) is 0 Å². The van der Waals surface area contributed by atoms with E-state index in [-0.39, 0.29) is 0 Å². The van der Waals surface area contributed by atoms with E-state index in [1.54, 1.807) is 6.20 Å². The molecule has 4 heterocycles. The lowest BCUT2D eigenvalue weighted by atomic mass is 9.81. The van der Waals surface area contributed by atoms with E-state index in [1.165, 1.54) is 12.8 Å². The van der Waals surface area contributed by atoms with Crippen LogP contribution >= 0.6 is 0 Å². The topological polar surface area (TPSA) is 81.5 Å². The van der Waals surface area contributed by atoms with E-state index in [0.29, 0.717) is 11.8 Å². The molecule has 7 nitrogen and oxygen atoms in total.